The highest BCUT2D eigenvalue weighted by atomic mass is 19.1. The molecule has 1 fully saturated rings. The molecule has 1 unspecified atom stereocenters. The van der Waals surface area contributed by atoms with Gasteiger partial charge in [0.15, 0.2) is 0 Å². The summed E-state index contributed by atoms with van der Waals surface area (Å²) in [6.07, 6.45) is -0.605. The molecule has 0 N–H and O–H groups in total. The molecule has 1 rings (SSSR count). The summed E-state index contributed by atoms with van der Waals surface area (Å²) in [5.41, 5.74) is 0. The van der Waals surface area contributed by atoms with Gasteiger partial charge in [0.1, 0.15) is 6.17 Å². The van der Waals surface area contributed by atoms with Gasteiger partial charge in [0.25, 0.3) is 0 Å². The summed E-state index contributed by atoms with van der Waals surface area (Å²) < 4.78 is 12.3. The molecule has 0 amide bonds. The standard InChI is InChI=1S/C6H12FN/c1-5(7)6-3-8(2)4-6/h5-6H,3-4H2,1-2H3. The largest absolute Gasteiger partial charge is 0.306 e. The van der Waals surface area contributed by atoms with Crippen LogP contribution in [0.3, 0.4) is 0 Å². The van der Waals surface area contributed by atoms with Crippen LogP contribution >= 0.6 is 0 Å². The third kappa shape index (κ3) is 0.996. The van der Waals surface area contributed by atoms with E-state index in [0.717, 1.165) is 13.1 Å². The van der Waals surface area contributed by atoms with E-state index in [1.54, 1.807) is 6.92 Å². The zero-order valence-electron chi connectivity index (χ0n) is 5.39. The summed E-state index contributed by atoms with van der Waals surface area (Å²) in [7, 11) is 2.01. The molecule has 0 aliphatic carbocycles. The number of rotatable bonds is 1. The van der Waals surface area contributed by atoms with Crippen LogP contribution in [0.4, 0.5) is 4.39 Å². The van der Waals surface area contributed by atoms with Crippen LogP contribution < -0.4 is 0 Å². The molecule has 0 saturated carbocycles. The lowest BCUT2D eigenvalue weighted by atomic mass is 9.97. The Morgan fingerprint density at radius 3 is 2.25 bits per heavy atom. The van der Waals surface area contributed by atoms with E-state index in [1.807, 2.05) is 7.05 Å². The first-order chi connectivity index (χ1) is 3.70. The number of hydrogen-bond acceptors (Lipinski definition) is 1. The Kier molecular flexibility index (Phi) is 1.52. The van der Waals surface area contributed by atoms with Crippen molar-refractivity contribution < 1.29 is 4.39 Å². The van der Waals surface area contributed by atoms with E-state index in [2.05, 4.69) is 4.90 Å². The molecule has 2 heteroatoms. The molecule has 1 saturated heterocycles. The lowest BCUT2D eigenvalue weighted by molar-refractivity contribution is 0.0685. The quantitative estimate of drug-likeness (QED) is 0.493. The van der Waals surface area contributed by atoms with Crippen LogP contribution in [0.15, 0.2) is 0 Å². The maximum absolute atomic E-state index is 12.3. The molecule has 1 aliphatic heterocycles. The van der Waals surface area contributed by atoms with Crippen LogP contribution in [0, 0.1) is 5.92 Å². The predicted molar refractivity (Wildman–Crippen MR) is 31.6 cm³/mol. The lowest BCUT2D eigenvalue weighted by Crippen LogP contribution is -2.47. The normalized spacial score (nSPS) is 27.4. The molecular weight excluding hydrogens is 105 g/mol. The summed E-state index contributed by atoms with van der Waals surface area (Å²) >= 11 is 0. The van der Waals surface area contributed by atoms with Gasteiger partial charge >= 0.3 is 0 Å². The first kappa shape index (κ1) is 6.02. The Morgan fingerprint density at radius 1 is 1.62 bits per heavy atom. The van der Waals surface area contributed by atoms with E-state index < -0.39 is 6.17 Å². The summed E-state index contributed by atoms with van der Waals surface area (Å²) in [6.45, 7) is 3.52. The smallest absolute Gasteiger partial charge is 0.103 e. The Hall–Kier alpha value is -0.110. The maximum Gasteiger partial charge on any atom is 0.103 e. The van der Waals surface area contributed by atoms with Gasteiger partial charge in [-0.1, -0.05) is 0 Å². The van der Waals surface area contributed by atoms with Gasteiger partial charge in [-0.3, -0.25) is 0 Å². The Bertz CT molecular complexity index is 76.6. The molecule has 48 valence electrons. The van der Waals surface area contributed by atoms with Crippen LogP contribution in [0.2, 0.25) is 0 Å². The summed E-state index contributed by atoms with van der Waals surface area (Å²) in [5, 5.41) is 0. The van der Waals surface area contributed by atoms with Crippen molar-refractivity contribution in [2.75, 3.05) is 20.1 Å². The summed E-state index contributed by atoms with van der Waals surface area (Å²) in [6, 6.07) is 0. The molecule has 8 heavy (non-hydrogen) atoms. The van der Waals surface area contributed by atoms with Gasteiger partial charge < -0.3 is 4.90 Å². The predicted octanol–water partition coefficient (Wildman–Crippen LogP) is 0.906. The SMILES string of the molecule is CC(F)C1CN(C)C1. The molecule has 0 aromatic heterocycles. The molecule has 1 atom stereocenters. The van der Waals surface area contributed by atoms with E-state index in [1.165, 1.54) is 0 Å². The monoisotopic (exact) mass is 117 g/mol. The fraction of sp³-hybridized carbons (Fsp3) is 1.00. The molecule has 0 aromatic carbocycles. The Balaban J connectivity index is 2.15. The van der Waals surface area contributed by atoms with Crippen molar-refractivity contribution in [1.82, 2.24) is 4.90 Å². The zero-order chi connectivity index (χ0) is 6.15. The second-order valence-corrected chi connectivity index (χ2v) is 2.66. The Morgan fingerprint density at radius 2 is 2.12 bits per heavy atom. The molecule has 1 aliphatic rings. The highest BCUT2D eigenvalue weighted by Gasteiger charge is 2.27. The highest BCUT2D eigenvalue weighted by molar-refractivity contribution is 4.80. The molecule has 0 bridgehead atoms. The molecule has 0 aromatic rings. The van der Waals surface area contributed by atoms with Crippen LogP contribution in [-0.2, 0) is 0 Å². The lowest BCUT2D eigenvalue weighted by Gasteiger charge is -2.36. The second-order valence-electron chi connectivity index (χ2n) is 2.66. The number of hydrogen-bond donors (Lipinski definition) is 0. The minimum Gasteiger partial charge on any atom is -0.306 e. The van der Waals surface area contributed by atoms with Crippen LogP contribution in [0.1, 0.15) is 6.92 Å². The van der Waals surface area contributed by atoms with Gasteiger partial charge in [-0.25, -0.2) is 4.39 Å². The van der Waals surface area contributed by atoms with Crippen molar-refractivity contribution in [2.45, 2.75) is 13.1 Å². The van der Waals surface area contributed by atoms with Crippen molar-refractivity contribution in [2.24, 2.45) is 5.92 Å². The van der Waals surface area contributed by atoms with Crippen LogP contribution in [0.5, 0.6) is 0 Å². The average Bonchev–Trinajstić information content (AvgIpc) is 1.57. The number of halogens is 1. The van der Waals surface area contributed by atoms with E-state index >= 15 is 0 Å². The first-order valence-electron chi connectivity index (χ1n) is 3.03. The van der Waals surface area contributed by atoms with Crippen molar-refractivity contribution in [1.29, 1.82) is 0 Å². The third-order valence-corrected chi connectivity index (χ3v) is 1.74. The maximum atomic E-state index is 12.3. The fourth-order valence-electron chi connectivity index (χ4n) is 1.04. The molecule has 1 heterocycles. The van der Waals surface area contributed by atoms with E-state index in [0.29, 0.717) is 5.92 Å². The zero-order valence-corrected chi connectivity index (χ0v) is 5.39. The van der Waals surface area contributed by atoms with Gasteiger partial charge in [-0.05, 0) is 14.0 Å². The second kappa shape index (κ2) is 2.02. The summed E-state index contributed by atoms with van der Waals surface area (Å²) in [5.74, 6) is 0.319. The van der Waals surface area contributed by atoms with Crippen LogP contribution in [0.25, 0.3) is 0 Å². The Labute approximate surface area is 49.5 Å². The van der Waals surface area contributed by atoms with Gasteiger partial charge in [-0.15, -0.1) is 0 Å². The van der Waals surface area contributed by atoms with Gasteiger partial charge in [0.05, 0.1) is 0 Å². The molecule has 1 nitrogen and oxygen atoms in total. The third-order valence-electron chi connectivity index (χ3n) is 1.74. The number of likely N-dealkylation sites (tertiary alicyclic amines) is 1. The van der Waals surface area contributed by atoms with Crippen molar-refractivity contribution in [3.8, 4) is 0 Å². The molecular formula is C6H12FN. The highest BCUT2D eigenvalue weighted by Crippen LogP contribution is 2.18. The number of alkyl halides is 1. The minimum absolute atomic E-state index is 0.319. The fourth-order valence-corrected chi connectivity index (χ4v) is 1.04. The van der Waals surface area contributed by atoms with Crippen LogP contribution in [-0.4, -0.2) is 31.2 Å². The van der Waals surface area contributed by atoms with Crippen molar-refractivity contribution >= 4 is 0 Å². The first-order valence-corrected chi connectivity index (χ1v) is 3.03. The molecule has 0 radical (unpaired) electrons. The minimum atomic E-state index is -0.605. The summed E-state index contributed by atoms with van der Waals surface area (Å²) in [4.78, 5) is 2.13. The van der Waals surface area contributed by atoms with Gasteiger partial charge in [-0.2, -0.15) is 0 Å². The number of nitrogens with zero attached hydrogens (tertiary/aromatic N) is 1. The van der Waals surface area contributed by atoms with Gasteiger partial charge in [0, 0.05) is 19.0 Å². The van der Waals surface area contributed by atoms with Crippen molar-refractivity contribution in [3.05, 3.63) is 0 Å². The topological polar surface area (TPSA) is 3.24 Å². The molecule has 0 spiro atoms. The van der Waals surface area contributed by atoms with E-state index in [9.17, 15) is 4.39 Å². The van der Waals surface area contributed by atoms with Crippen molar-refractivity contribution in [3.63, 3.8) is 0 Å². The average molecular weight is 117 g/mol. The van der Waals surface area contributed by atoms with Gasteiger partial charge in [0.2, 0.25) is 0 Å². The van der Waals surface area contributed by atoms with E-state index in [4.69, 9.17) is 0 Å². The van der Waals surface area contributed by atoms with E-state index in [-0.39, 0.29) is 0 Å².